The van der Waals surface area contributed by atoms with E-state index >= 15 is 0 Å². The van der Waals surface area contributed by atoms with Crippen LogP contribution in [-0.2, 0) is 0 Å². The molecule has 80 valence electrons. The molecular weight excluding hydrogens is 186 g/mol. The molecule has 0 radical (unpaired) electrons. The molecule has 0 saturated carbocycles. The molecule has 0 aromatic heterocycles. The molecule has 1 aromatic rings. The number of carbonyl (C=O) groups is 1. The third-order valence-corrected chi connectivity index (χ3v) is 3.14. The Morgan fingerprint density at radius 1 is 1.47 bits per heavy atom. The second kappa shape index (κ2) is 4.58. The Morgan fingerprint density at radius 3 is 3.07 bits per heavy atom. The van der Waals surface area contributed by atoms with Crippen molar-refractivity contribution >= 4 is 6.29 Å². The van der Waals surface area contributed by atoms with Crippen molar-refractivity contribution in [3.05, 3.63) is 35.4 Å². The Balaban J connectivity index is 2.17. The number of carbonyl (C=O) groups excluding carboxylic acids is 1. The minimum Gasteiger partial charge on any atom is -0.306 e. The third-order valence-electron chi connectivity index (χ3n) is 3.14. The molecule has 1 saturated heterocycles. The van der Waals surface area contributed by atoms with E-state index in [0.717, 1.165) is 18.4 Å². The maximum absolute atomic E-state index is 10.7. The number of rotatable bonds is 2. The summed E-state index contributed by atoms with van der Waals surface area (Å²) in [4.78, 5) is 13.1. The Bertz CT molecular complexity index is 348. The highest BCUT2D eigenvalue weighted by atomic mass is 16.1. The standard InChI is InChI=1S/C13H17NO/c1-14-7-3-6-13(9-14)12-5-2-4-11(8-12)10-15/h2,4-5,8,10,13H,3,6-7,9H2,1H3. The molecule has 15 heavy (non-hydrogen) atoms. The maximum atomic E-state index is 10.7. The smallest absolute Gasteiger partial charge is 0.150 e. The van der Waals surface area contributed by atoms with Crippen LogP contribution in [0.15, 0.2) is 24.3 Å². The minimum absolute atomic E-state index is 0.601. The van der Waals surface area contributed by atoms with E-state index in [1.807, 2.05) is 18.2 Å². The van der Waals surface area contributed by atoms with Crippen LogP contribution in [0.3, 0.4) is 0 Å². The van der Waals surface area contributed by atoms with Crippen LogP contribution >= 0.6 is 0 Å². The van der Waals surface area contributed by atoms with Crippen molar-refractivity contribution in [1.29, 1.82) is 0 Å². The van der Waals surface area contributed by atoms with Crippen LogP contribution in [0.1, 0.15) is 34.7 Å². The van der Waals surface area contributed by atoms with Crippen molar-refractivity contribution in [2.24, 2.45) is 0 Å². The number of hydrogen-bond acceptors (Lipinski definition) is 2. The number of benzene rings is 1. The minimum atomic E-state index is 0.601. The van der Waals surface area contributed by atoms with Crippen LogP contribution in [0, 0.1) is 0 Å². The third kappa shape index (κ3) is 2.45. The highest BCUT2D eigenvalue weighted by Crippen LogP contribution is 2.26. The predicted molar refractivity (Wildman–Crippen MR) is 61.3 cm³/mol. The van der Waals surface area contributed by atoms with Crippen molar-refractivity contribution in [3.8, 4) is 0 Å². The van der Waals surface area contributed by atoms with Crippen molar-refractivity contribution in [2.45, 2.75) is 18.8 Å². The van der Waals surface area contributed by atoms with E-state index in [2.05, 4.69) is 18.0 Å². The molecule has 1 aliphatic heterocycles. The maximum Gasteiger partial charge on any atom is 0.150 e. The average Bonchev–Trinajstić information content (AvgIpc) is 2.29. The molecule has 1 aromatic carbocycles. The lowest BCUT2D eigenvalue weighted by Crippen LogP contribution is -2.30. The first-order valence-electron chi connectivity index (χ1n) is 5.53. The lowest BCUT2D eigenvalue weighted by atomic mass is 9.90. The largest absolute Gasteiger partial charge is 0.306 e. The van der Waals surface area contributed by atoms with Gasteiger partial charge in [0.2, 0.25) is 0 Å². The van der Waals surface area contributed by atoms with Gasteiger partial charge in [-0.15, -0.1) is 0 Å². The Hall–Kier alpha value is -1.15. The first-order valence-corrected chi connectivity index (χ1v) is 5.53. The van der Waals surface area contributed by atoms with Crippen molar-refractivity contribution < 1.29 is 4.79 Å². The van der Waals surface area contributed by atoms with Gasteiger partial charge >= 0.3 is 0 Å². The van der Waals surface area contributed by atoms with E-state index < -0.39 is 0 Å². The molecule has 1 fully saturated rings. The molecule has 2 rings (SSSR count). The summed E-state index contributed by atoms with van der Waals surface area (Å²) in [5, 5.41) is 0. The highest BCUT2D eigenvalue weighted by Gasteiger charge is 2.18. The van der Waals surface area contributed by atoms with Gasteiger partial charge in [-0.1, -0.05) is 18.2 Å². The fourth-order valence-electron chi connectivity index (χ4n) is 2.32. The molecule has 0 spiro atoms. The molecule has 1 aliphatic rings. The van der Waals surface area contributed by atoms with Gasteiger partial charge in [0.1, 0.15) is 6.29 Å². The molecule has 1 unspecified atom stereocenters. The molecule has 2 heteroatoms. The average molecular weight is 203 g/mol. The number of hydrogen-bond donors (Lipinski definition) is 0. The van der Waals surface area contributed by atoms with Gasteiger partial charge in [-0.25, -0.2) is 0 Å². The fraction of sp³-hybridized carbons (Fsp3) is 0.462. The number of likely N-dealkylation sites (tertiary alicyclic amines) is 1. The molecule has 2 nitrogen and oxygen atoms in total. The van der Waals surface area contributed by atoms with E-state index in [0.29, 0.717) is 5.92 Å². The van der Waals surface area contributed by atoms with Gasteiger partial charge in [0.25, 0.3) is 0 Å². The van der Waals surface area contributed by atoms with Crippen LogP contribution < -0.4 is 0 Å². The predicted octanol–water partition coefficient (Wildman–Crippen LogP) is 2.31. The SMILES string of the molecule is CN1CCCC(c2cccc(C=O)c2)C1. The van der Waals surface area contributed by atoms with Gasteiger partial charge in [-0.3, -0.25) is 4.79 Å². The topological polar surface area (TPSA) is 20.3 Å². The number of likely N-dealkylation sites (N-methyl/N-ethyl adjacent to an activating group) is 1. The zero-order valence-corrected chi connectivity index (χ0v) is 9.15. The molecule has 1 heterocycles. The fourth-order valence-corrected chi connectivity index (χ4v) is 2.32. The van der Waals surface area contributed by atoms with Crippen LogP contribution in [0.2, 0.25) is 0 Å². The number of nitrogens with zero attached hydrogens (tertiary/aromatic N) is 1. The summed E-state index contributed by atoms with van der Waals surface area (Å²) in [6, 6.07) is 8.00. The van der Waals surface area contributed by atoms with Crippen LogP contribution in [0.25, 0.3) is 0 Å². The summed E-state index contributed by atoms with van der Waals surface area (Å²) >= 11 is 0. The van der Waals surface area contributed by atoms with Gasteiger partial charge in [-0.05, 0) is 44.0 Å². The van der Waals surface area contributed by atoms with Crippen molar-refractivity contribution in [1.82, 2.24) is 4.90 Å². The molecule has 0 bridgehead atoms. The summed E-state index contributed by atoms with van der Waals surface area (Å²) in [6.07, 6.45) is 3.43. The van der Waals surface area contributed by atoms with Gasteiger partial charge in [0.05, 0.1) is 0 Å². The lowest BCUT2D eigenvalue weighted by molar-refractivity contribution is 0.112. The second-order valence-electron chi connectivity index (χ2n) is 4.39. The quantitative estimate of drug-likeness (QED) is 0.687. The summed E-state index contributed by atoms with van der Waals surface area (Å²) in [6.45, 7) is 2.31. The van der Waals surface area contributed by atoms with Crippen LogP contribution in [-0.4, -0.2) is 31.3 Å². The first kappa shape index (κ1) is 10.4. The zero-order valence-electron chi connectivity index (χ0n) is 9.15. The van der Waals surface area contributed by atoms with Crippen LogP contribution in [0.4, 0.5) is 0 Å². The van der Waals surface area contributed by atoms with E-state index in [4.69, 9.17) is 0 Å². The summed E-state index contributed by atoms with van der Waals surface area (Å²) < 4.78 is 0. The van der Waals surface area contributed by atoms with Gasteiger partial charge in [0, 0.05) is 12.1 Å². The zero-order chi connectivity index (χ0) is 10.7. The summed E-state index contributed by atoms with van der Waals surface area (Å²) in [5.41, 5.74) is 2.10. The monoisotopic (exact) mass is 203 g/mol. The Kier molecular flexibility index (Phi) is 3.17. The van der Waals surface area contributed by atoms with Gasteiger partial charge < -0.3 is 4.90 Å². The first-order chi connectivity index (χ1) is 7.29. The normalized spacial score (nSPS) is 22.6. The van der Waals surface area contributed by atoms with Crippen molar-refractivity contribution in [2.75, 3.05) is 20.1 Å². The van der Waals surface area contributed by atoms with Crippen LogP contribution in [0.5, 0.6) is 0 Å². The van der Waals surface area contributed by atoms with E-state index in [9.17, 15) is 4.79 Å². The highest BCUT2D eigenvalue weighted by molar-refractivity contribution is 5.75. The van der Waals surface area contributed by atoms with Gasteiger partial charge in [-0.2, -0.15) is 0 Å². The Labute approximate surface area is 90.9 Å². The second-order valence-corrected chi connectivity index (χ2v) is 4.39. The number of aldehydes is 1. The lowest BCUT2D eigenvalue weighted by Gasteiger charge is -2.30. The van der Waals surface area contributed by atoms with Gasteiger partial charge in [0.15, 0.2) is 0 Å². The van der Waals surface area contributed by atoms with E-state index in [-0.39, 0.29) is 0 Å². The van der Waals surface area contributed by atoms with E-state index in [1.54, 1.807) is 0 Å². The molecule has 0 amide bonds. The molecule has 0 N–H and O–H groups in total. The number of piperidine rings is 1. The Morgan fingerprint density at radius 2 is 2.33 bits per heavy atom. The molecular formula is C13H17NO. The summed E-state index contributed by atoms with van der Waals surface area (Å²) in [7, 11) is 2.16. The summed E-state index contributed by atoms with van der Waals surface area (Å²) in [5.74, 6) is 0.601. The van der Waals surface area contributed by atoms with E-state index in [1.165, 1.54) is 24.9 Å². The van der Waals surface area contributed by atoms with Crippen molar-refractivity contribution in [3.63, 3.8) is 0 Å². The molecule has 0 aliphatic carbocycles. The molecule has 1 atom stereocenters.